The predicted octanol–water partition coefficient (Wildman–Crippen LogP) is 1.66. The minimum Gasteiger partial charge on any atom is -0.481 e. The van der Waals surface area contributed by atoms with E-state index in [-0.39, 0.29) is 0 Å². The van der Waals surface area contributed by atoms with Crippen molar-refractivity contribution in [3.8, 4) is 6.07 Å². The molecule has 0 unspecified atom stereocenters. The number of nitrogens with zero attached hydrogens (tertiary/aromatic N) is 3. The van der Waals surface area contributed by atoms with Crippen molar-refractivity contribution < 1.29 is 14.6 Å². The van der Waals surface area contributed by atoms with Crippen LogP contribution in [0.2, 0.25) is 0 Å². The maximum absolute atomic E-state index is 11.7. The summed E-state index contributed by atoms with van der Waals surface area (Å²) < 4.78 is 5.06. The van der Waals surface area contributed by atoms with Gasteiger partial charge in [0.1, 0.15) is 11.9 Å². The molecule has 2 rings (SSSR count). The summed E-state index contributed by atoms with van der Waals surface area (Å²) >= 11 is 0. The number of methoxy groups -OCH3 is 1. The summed E-state index contributed by atoms with van der Waals surface area (Å²) in [6.07, 6.45) is 3.47. The molecule has 0 radical (unpaired) electrons. The molecule has 6 heteroatoms. The Bertz CT molecular complexity index is 555. The highest BCUT2D eigenvalue weighted by molar-refractivity contribution is 5.76. The fraction of sp³-hybridized carbons (Fsp3) is 0.533. The predicted molar refractivity (Wildman–Crippen MR) is 77.0 cm³/mol. The Kier molecular flexibility index (Phi) is 4.76. The van der Waals surface area contributed by atoms with Crippen LogP contribution in [-0.2, 0) is 9.53 Å². The van der Waals surface area contributed by atoms with E-state index < -0.39 is 11.4 Å². The second kappa shape index (κ2) is 6.55. The molecule has 1 N–H and O–H groups in total. The van der Waals surface area contributed by atoms with Gasteiger partial charge in [-0.1, -0.05) is 0 Å². The Morgan fingerprint density at radius 2 is 2.48 bits per heavy atom. The van der Waals surface area contributed by atoms with Gasteiger partial charge in [-0.25, -0.2) is 4.98 Å². The van der Waals surface area contributed by atoms with Gasteiger partial charge in [0.2, 0.25) is 0 Å². The van der Waals surface area contributed by atoms with E-state index in [1.807, 2.05) is 4.90 Å². The third-order valence-corrected chi connectivity index (χ3v) is 4.02. The molecule has 0 aromatic carbocycles. The molecule has 21 heavy (non-hydrogen) atoms. The van der Waals surface area contributed by atoms with Gasteiger partial charge in [-0.3, -0.25) is 4.79 Å². The molecule has 1 fully saturated rings. The SMILES string of the molecule is COCC[C@@]1(C(=O)O)CCCN(c2ncccc2C#N)C1. The van der Waals surface area contributed by atoms with Crippen molar-refractivity contribution in [2.45, 2.75) is 19.3 Å². The Morgan fingerprint density at radius 3 is 3.14 bits per heavy atom. The Morgan fingerprint density at radius 1 is 1.67 bits per heavy atom. The minimum absolute atomic E-state index is 0.359. The largest absolute Gasteiger partial charge is 0.481 e. The van der Waals surface area contributed by atoms with Crippen LogP contribution in [-0.4, -0.2) is 42.9 Å². The summed E-state index contributed by atoms with van der Waals surface area (Å²) in [7, 11) is 1.57. The standard InChI is InChI=1S/C15H19N3O3/c1-21-9-6-15(14(19)20)5-3-8-18(11-15)13-12(10-16)4-2-7-17-13/h2,4,7H,3,5-6,8-9,11H2,1H3,(H,19,20)/t15-/m0/s1. The summed E-state index contributed by atoms with van der Waals surface area (Å²) in [4.78, 5) is 17.9. The lowest BCUT2D eigenvalue weighted by Crippen LogP contribution is -2.49. The summed E-state index contributed by atoms with van der Waals surface area (Å²) in [5.74, 6) is -0.235. The normalized spacial score (nSPS) is 21.8. The van der Waals surface area contributed by atoms with Crippen LogP contribution >= 0.6 is 0 Å². The summed E-state index contributed by atoms with van der Waals surface area (Å²) in [5.41, 5.74) is -0.358. The summed E-state index contributed by atoms with van der Waals surface area (Å²) in [6.45, 7) is 1.48. The maximum atomic E-state index is 11.7. The quantitative estimate of drug-likeness (QED) is 0.887. The van der Waals surface area contributed by atoms with Crippen LogP contribution in [0, 0.1) is 16.7 Å². The van der Waals surface area contributed by atoms with E-state index in [9.17, 15) is 15.2 Å². The van der Waals surface area contributed by atoms with E-state index in [1.54, 1.807) is 25.4 Å². The molecule has 112 valence electrons. The van der Waals surface area contributed by atoms with Crippen molar-refractivity contribution in [3.63, 3.8) is 0 Å². The van der Waals surface area contributed by atoms with Crippen LogP contribution in [0.5, 0.6) is 0 Å². The zero-order valence-electron chi connectivity index (χ0n) is 12.1. The minimum atomic E-state index is -0.835. The molecular weight excluding hydrogens is 270 g/mol. The number of carboxylic acid groups (broad SMARTS) is 1. The maximum Gasteiger partial charge on any atom is 0.311 e. The van der Waals surface area contributed by atoms with E-state index in [0.717, 1.165) is 6.42 Å². The van der Waals surface area contributed by atoms with Crippen molar-refractivity contribution in [1.82, 2.24) is 4.98 Å². The number of anilines is 1. The monoisotopic (exact) mass is 289 g/mol. The zero-order valence-corrected chi connectivity index (χ0v) is 12.1. The second-order valence-electron chi connectivity index (χ2n) is 5.34. The van der Waals surface area contributed by atoms with Crippen molar-refractivity contribution >= 4 is 11.8 Å². The lowest BCUT2D eigenvalue weighted by Gasteiger charge is -2.40. The molecule has 0 spiro atoms. The van der Waals surface area contributed by atoms with E-state index in [0.29, 0.717) is 43.9 Å². The topological polar surface area (TPSA) is 86.5 Å². The van der Waals surface area contributed by atoms with E-state index in [4.69, 9.17) is 4.74 Å². The van der Waals surface area contributed by atoms with Gasteiger partial charge in [0.15, 0.2) is 0 Å². The molecular formula is C15H19N3O3. The van der Waals surface area contributed by atoms with Crippen molar-refractivity contribution in [1.29, 1.82) is 5.26 Å². The van der Waals surface area contributed by atoms with Crippen molar-refractivity contribution in [2.24, 2.45) is 5.41 Å². The van der Waals surface area contributed by atoms with Gasteiger partial charge in [0.05, 0.1) is 11.0 Å². The van der Waals surface area contributed by atoms with Crippen LogP contribution in [0.3, 0.4) is 0 Å². The molecule has 0 aliphatic carbocycles. The Hall–Kier alpha value is -2.13. The summed E-state index contributed by atoms with van der Waals surface area (Å²) in [5, 5.41) is 18.8. The second-order valence-corrected chi connectivity index (χ2v) is 5.34. The Labute approximate surface area is 124 Å². The molecule has 6 nitrogen and oxygen atoms in total. The van der Waals surface area contributed by atoms with Crippen LogP contribution in [0.4, 0.5) is 5.82 Å². The lowest BCUT2D eigenvalue weighted by atomic mass is 9.77. The van der Waals surface area contributed by atoms with Gasteiger partial charge in [0, 0.05) is 33.0 Å². The van der Waals surface area contributed by atoms with Crippen molar-refractivity contribution in [2.75, 3.05) is 31.7 Å². The van der Waals surface area contributed by atoms with Gasteiger partial charge in [-0.2, -0.15) is 5.26 Å². The lowest BCUT2D eigenvalue weighted by molar-refractivity contribution is -0.150. The van der Waals surface area contributed by atoms with E-state index >= 15 is 0 Å². The third-order valence-electron chi connectivity index (χ3n) is 4.02. The number of aromatic nitrogens is 1. The van der Waals surface area contributed by atoms with Crippen LogP contribution < -0.4 is 4.90 Å². The van der Waals surface area contributed by atoms with Gasteiger partial charge >= 0.3 is 5.97 Å². The van der Waals surface area contributed by atoms with Crippen LogP contribution in [0.15, 0.2) is 18.3 Å². The molecule has 1 atom stereocenters. The van der Waals surface area contributed by atoms with E-state index in [1.165, 1.54) is 0 Å². The van der Waals surface area contributed by atoms with Gasteiger partial charge in [-0.05, 0) is 31.4 Å². The molecule has 1 aromatic rings. The first-order chi connectivity index (χ1) is 10.1. The molecule has 0 saturated carbocycles. The molecule has 1 aromatic heterocycles. The molecule has 1 aliphatic heterocycles. The van der Waals surface area contributed by atoms with Crippen molar-refractivity contribution in [3.05, 3.63) is 23.9 Å². The highest BCUT2D eigenvalue weighted by Gasteiger charge is 2.42. The highest BCUT2D eigenvalue weighted by Crippen LogP contribution is 2.36. The van der Waals surface area contributed by atoms with Crippen LogP contribution in [0.1, 0.15) is 24.8 Å². The number of piperidine rings is 1. The average Bonchev–Trinajstić information content (AvgIpc) is 2.53. The number of ether oxygens (including phenoxy) is 1. The molecule has 0 bridgehead atoms. The van der Waals surface area contributed by atoms with E-state index in [2.05, 4.69) is 11.1 Å². The average molecular weight is 289 g/mol. The number of aliphatic carboxylic acids is 1. The smallest absolute Gasteiger partial charge is 0.311 e. The van der Waals surface area contributed by atoms with Crippen LogP contribution in [0.25, 0.3) is 0 Å². The van der Waals surface area contributed by atoms with Gasteiger partial charge in [0.25, 0.3) is 0 Å². The molecule has 1 aliphatic rings. The molecule has 1 saturated heterocycles. The fourth-order valence-corrected chi connectivity index (χ4v) is 2.83. The third kappa shape index (κ3) is 3.14. The zero-order chi connectivity index (χ0) is 15.3. The number of hydrogen-bond donors (Lipinski definition) is 1. The first kappa shape index (κ1) is 15.3. The van der Waals surface area contributed by atoms with Gasteiger partial charge < -0.3 is 14.7 Å². The number of rotatable bonds is 5. The fourth-order valence-electron chi connectivity index (χ4n) is 2.83. The van der Waals surface area contributed by atoms with Gasteiger partial charge in [-0.15, -0.1) is 0 Å². The number of nitriles is 1. The number of pyridine rings is 1. The first-order valence-electron chi connectivity index (χ1n) is 6.95. The summed E-state index contributed by atoms with van der Waals surface area (Å²) in [6, 6.07) is 5.53. The first-order valence-corrected chi connectivity index (χ1v) is 6.95. The number of carbonyl (C=O) groups is 1. The molecule has 2 heterocycles. The number of carboxylic acids is 1. The number of hydrogen-bond acceptors (Lipinski definition) is 5. The molecule has 0 amide bonds. The Balaban J connectivity index is 2.27. The highest BCUT2D eigenvalue weighted by atomic mass is 16.5.